The van der Waals surface area contributed by atoms with Crippen molar-refractivity contribution in [1.82, 2.24) is 0 Å². The number of carbonyl (C=O) groups excluding carboxylic acids is 1. The molecular weight excluding hydrogens is 147 g/mol. The molecule has 0 spiro atoms. The Bertz CT molecular complexity index is 146. The monoisotopic (exact) mass is 154 g/mol. The van der Waals surface area contributed by atoms with Gasteiger partial charge in [-0.3, -0.25) is 9.36 Å². The van der Waals surface area contributed by atoms with Gasteiger partial charge in [-0.2, -0.15) is 0 Å². The van der Waals surface area contributed by atoms with Crippen LogP contribution in [0.5, 0.6) is 0 Å². The standard InChI is InChI=1S/C3H7O5P/c1-8-3(4)2-9(5,6)7/h2H2,1H3,(H2,5,6,7). The lowest BCUT2D eigenvalue weighted by Crippen LogP contribution is -2.06. The molecular formula is C3H7O5P. The summed E-state index contributed by atoms with van der Waals surface area (Å²) in [6, 6.07) is 0. The molecule has 0 atom stereocenters. The number of esters is 1. The van der Waals surface area contributed by atoms with E-state index in [1.165, 1.54) is 0 Å². The van der Waals surface area contributed by atoms with Crippen LogP contribution in [0.15, 0.2) is 0 Å². The van der Waals surface area contributed by atoms with E-state index in [1.807, 2.05) is 0 Å². The highest BCUT2D eigenvalue weighted by Gasteiger charge is 2.18. The summed E-state index contributed by atoms with van der Waals surface area (Å²) in [5.74, 6) is -0.900. The molecule has 0 aromatic heterocycles. The maximum absolute atomic E-state index is 10.1. The van der Waals surface area contributed by atoms with Gasteiger partial charge in [0.25, 0.3) is 0 Å². The summed E-state index contributed by atoms with van der Waals surface area (Å²) >= 11 is 0. The van der Waals surface area contributed by atoms with Gasteiger partial charge in [0.15, 0.2) is 0 Å². The van der Waals surface area contributed by atoms with Crippen molar-refractivity contribution >= 4 is 13.6 Å². The first kappa shape index (κ1) is 8.62. The van der Waals surface area contributed by atoms with E-state index >= 15 is 0 Å². The number of hydrogen-bond donors (Lipinski definition) is 2. The molecule has 0 saturated carbocycles. The molecule has 5 nitrogen and oxygen atoms in total. The van der Waals surface area contributed by atoms with Crippen LogP contribution in [0.2, 0.25) is 0 Å². The molecule has 0 unspecified atom stereocenters. The van der Waals surface area contributed by atoms with Crippen LogP contribution in [-0.4, -0.2) is 29.0 Å². The fourth-order valence-corrected chi connectivity index (χ4v) is 0.698. The third kappa shape index (κ3) is 5.49. The molecule has 0 rings (SSSR count). The predicted molar refractivity (Wildman–Crippen MR) is 28.9 cm³/mol. The number of carbonyl (C=O) groups is 1. The van der Waals surface area contributed by atoms with Crippen LogP contribution in [-0.2, 0) is 14.1 Å². The minimum absolute atomic E-state index is 0.844. The van der Waals surface area contributed by atoms with Gasteiger partial charge in [-0.05, 0) is 0 Å². The number of methoxy groups -OCH3 is 1. The van der Waals surface area contributed by atoms with Gasteiger partial charge < -0.3 is 14.5 Å². The number of ether oxygens (including phenoxy) is 1. The predicted octanol–water partition coefficient (Wildman–Crippen LogP) is -0.663. The fraction of sp³-hybridized carbons (Fsp3) is 0.667. The van der Waals surface area contributed by atoms with Crippen molar-refractivity contribution in [3.05, 3.63) is 0 Å². The van der Waals surface area contributed by atoms with Crippen molar-refractivity contribution in [3.8, 4) is 0 Å². The summed E-state index contributed by atoms with van der Waals surface area (Å²) in [6.07, 6.45) is -0.844. The lowest BCUT2D eigenvalue weighted by atomic mass is 10.8. The third-order valence-electron chi connectivity index (χ3n) is 0.563. The fourth-order valence-electron chi connectivity index (χ4n) is 0.233. The Morgan fingerprint density at radius 3 is 2.22 bits per heavy atom. The molecule has 2 N–H and O–H groups in total. The molecule has 0 fully saturated rings. The van der Waals surface area contributed by atoms with Crippen LogP contribution in [0.1, 0.15) is 0 Å². The zero-order valence-corrected chi connectivity index (χ0v) is 5.67. The van der Waals surface area contributed by atoms with Gasteiger partial charge in [0.05, 0.1) is 7.11 Å². The van der Waals surface area contributed by atoms with E-state index in [4.69, 9.17) is 9.79 Å². The first-order valence-corrected chi connectivity index (χ1v) is 3.87. The first-order valence-electron chi connectivity index (χ1n) is 2.07. The average molecular weight is 154 g/mol. The lowest BCUT2D eigenvalue weighted by Gasteiger charge is -1.99. The van der Waals surface area contributed by atoms with E-state index in [9.17, 15) is 9.36 Å². The smallest absolute Gasteiger partial charge is 0.336 e. The summed E-state index contributed by atoms with van der Waals surface area (Å²) in [7, 11) is -3.15. The molecule has 0 aromatic carbocycles. The van der Waals surface area contributed by atoms with Crippen LogP contribution in [0, 0.1) is 0 Å². The van der Waals surface area contributed by atoms with Crippen LogP contribution < -0.4 is 0 Å². The Labute approximate surface area is 51.8 Å². The van der Waals surface area contributed by atoms with E-state index in [1.54, 1.807) is 0 Å². The van der Waals surface area contributed by atoms with Gasteiger partial charge >= 0.3 is 13.6 Å². The van der Waals surface area contributed by atoms with Crippen LogP contribution >= 0.6 is 7.60 Å². The number of hydrogen-bond acceptors (Lipinski definition) is 3. The van der Waals surface area contributed by atoms with Gasteiger partial charge in [0.2, 0.25) is 0 Å². The van der Waals surface area contributed by atoms with E-state index < -0.39 is 19.7 Å². The highest BCUT2D eigenvalue weighted by atomic mass is 31.2. The minimum Gasteiger partial charge on any atom is -0.469 e. The van der Waals surface area contributed by atoms with Gasteiger partial charge in [-0.15, -0.1) is 0 Å². The molecule has 0 amide bonds. The van der Waals surface area contributed by atoms with Crippen molar-refractivity contribution in [2.24, 2.45) is 0 Å². The molecule has 0 aliphatic rings. The van der Waals surface area contributed by atoms with Crippen molar-refractivity contribution in [3.63, 3.8) is 0 Å². The SMILES string of the molecule is COC(=O)CP(=O)(O)O. The zero-order chi connectivity index (χ0) is 7.49. The second kappa shape index (κ2) is 2.96. The van der Waals surface area contributed by atoms with Gasteiger partial charge in [-0.25, -0.2) is 0 Å². The molecule has 0 saturated heterocycles. The van der Waals surface area contributed by atoms with Gasteiger partial charge in [0, 0.05) is 0 Å². The van der Waals surface area contributed by atoms with Gasteiger partial charge in [0.1, 0.15) is 6.16 Å². The topological polar surface area (TPSA) is 83.8 Å². The van der Waals surface area contributed by atoms with E-state index in [-0.39, 0.29) is 0 Å². The lowest BCUT2D eigenvalue weighted by molar-refractivity contribution is -0.137. The molecule has 54 valence electrons. The highest BCUT2D eigenvalue weighted by Crippen LogP contribution is 2.33. The molecule has 0 heterocycles. The van der Waals surface area contributed by atoms with Crippen molar-refractivity contribution in [2.45, 2.75) is 0 Å². The maximum atomic E-state index is 10.1. The minimum atomic E-state index is -4.21. The quantitative estimate of drug-likeness (QED) is 0.407. The molecule has 6 heteroatoms. The van der Waals surface area contributed by atoms with E-state index in [0.717, 1.165) is 7.11 Å². The number of rotatable bonds is 2. The summed E-state index contributed by atoms with van der Waals surface area (Å²) < 4.78 is 14.0. The van der Waals surface area contributed by atoms with Crippen molar-refractivity contribution in [1.29, 1.82) is 0 Å². The first-order chi connectivity index (χ1) is 3.95. The summed E-state index contributed by atoms with van der Waals surface area (Å²) in [4.78, 5) is 26.4. The van der Waals surface area contributed by atoms with E-state index in [0.29, 0.717) is 0 Å². The van der Waals surface area contributed by atoms with Gasteiger partial charge in [-0.1, -0.05) is 0 Å². The molecule has 0 aliphatic carbocycles. The summed E-state index contributed by atoms with van der Waals surface area (Å²) in [5, 5.41) is 0. The average Bonchev–Trinajstić information content (AvgIpc) is 1.62. The van der Waals surface area contributed by atoms with Crippen LogP contribution in [0.3, 0.4) is 0 Å². The van der Waals surface area contributed by atoms with Crippen LogP contribution in [0.4, 0.5) is 0 Å². The van der Waals surface area contributed by atoms with E-state index in [2.05, 4.69) is 4.74 Å². The van der Waals surface area contributed by atoms with Crippen molar-refractivity contribution < 1.29 is 23.9 Å². The summed E-state index contributed by atoms with van der Waals surface area (Å²) in [5.41, 5.74) is 0. The third-order valence-corrected chi connectivity index (χ3v) is 1.23. The molecule has 0 radical (unpaired) electrons. The molecule has 9 heavy (non-hydrogen) atoms. The zero-order valence-electron chi connectivity index (χ0n) is 4.77. The Kier molecular flexibility index (Phi) is 2.84. The van der Waals surface area contributed by atoms with Crippen LogP contribution in [0.25, 0.3) is 0 Å². The second-order valence-corrected chi connectivity index (χ2v) is 3.04. The summed E-state index contributed by atoms with van der Waals surface area (Å²) in [6.45, 7) is 0. The Morgan fingerprint density at radius 2 is 2.11 bits per heavy atom. The largest absolute Gasteiger partial charge is 0.469 e. The molecule has 0 bridgehead atoms. The molecule has 0 aromatic rings. The second-order valence-electron chi connectivity index (χ2n) is 1.40. The highest BCUT2D eigenvalue weighted by molar-refractivity contribution is 7.52. The maximum Gasteiger partial charge on any atom is 0.336 e. The Hall–Kier alpha value is -0.380. The normalized spacial score (nSPS) is 11.0. The molecule has 0 aliphatic heterocycles. The van der Waals surface area contributed by atoms with Crippen molar-refractivity contribution in [2.75, 3.05) is 13.3 Å². The Morgan fingerprint density at radius 1 is 1.67 bits per heavy atom. The Balaban J connectivity index is 3.75.